The number of amides is 1. The summed E-state index contributed by atoms with van der Waals surface area (Å²) in [6.45, 7) is 2.10. The molecule has 1 aromatic heterocycles. The highest BCUT2D eigenvalue weighted by atomic mass is 19.1. The fourth-order valence-electron chi connectivity index (χ4n) is 1.25. The summed E-state index contributed by atoms with van der Waals surface area (Å²) >= 11 is 0. The van der Waals surface area contributed by atoms with Gasteiger partial charge in [-0.15, -0.1) is 0 Å². The third-order valence-corrected chi connectivity index (χ3v) is 2.13. The van der Waals surface area contributed by atoms with Crippen LogP contribution in [0.2, 0.25) is 0 Å². The smallest absolute Gasteiger partial charge is 0.269 e. The van der Waals surface area contributed by atoms with E-state index in [1.54, 1.807) is 7.11 Å². The maximum Gasteiger partial charge on any atom is 0.269 e. The summed E-state index contributed by atoms with van der Waals surface area (Å²) in [7, 11) is 1.61. The van der Waals surface area contributed by atoms with E-state index in [0.29, 0.717) is 32.8 Å². The molecular weight excluding hydrogens is 239 g/mol. The number of pyridine rings is 1. The number of aromatic nitrogens is 1. The van der Waals surface area contributed by atoms with Crippen molar-refractivity contribution in [1.82, 2.24) is 10.3 Å². The minimum absolute atomic E-state index is 0.0790. The molecule has 0 radical (unpaired) electrons. The van der Waals surface area contributed by atoms with Crippen LogP contribution < -0.4 is 5.32 Å². The summed E-state index contributed by atoms with van der Waals surface area (Å²) in [5.74, 6) is -1.04. The highest BCUT2D eigenvalue weighted by molar-refractivity contribution is 5.92. The first-order valence-electron chi connectivity index (χ1n) is 5.71. The minimum Gasteiger partial charge on any atom is -0.382 e. The van der Waals surface area contributed by atoms with Gasteiger partial charge in [0.1, 0.15) is 5.69 Å². The molecule has 0 bridgehead atoms. The van der Waals surface area contributed by atoms with Crippen LogP contribution in [0.5, 0.6) is 0 Å². The number of rotatable bonds is 8. The molecule has 0 aromatic carbocycles. The van der Waals surface area contributed by atoms with Crippen LogP contribution in [-0.2, 0) is 9.47 Å². The lowest BCUT2D eigenvalue weighted by Gasteiger charge is -2.05. The van der Waals surface area contributed by atoms with E-state index in [-0.39, 0.29) is 11.6 Å². The van der Waals surface area contributed by atoms with Crippen LogP contribution in [0.4, 0.5) is 4.39 Å². The molecule has 0 saturated heterocycles. The maximum absolute atomic E-state index is 12.8. The number of methoxy groups -OCH3 is 1. The van der Waals surface area contributed by atoms with Gasteiger partial charge in [-0.05, 0) is 18.6 Å². The average Bonchev–Trinajstić information content (AvgIpc) is 2.37. The lowest BCUT2D eigenvalue weighted by atomic mass is 10.3. The zero-order valence-corrected chi connectivity index (χ0v) is 10.3. The Bertz CT molecular complexity index is 374. The molecule has 0 atom stereocenters. The summed E-state index contributed by atoms with van der Waals surface area (Å²) in [6.07, 6.45) is 0.685. The Kier molecular flexibility index (Phi) is 6.90. The second-order valence-corrected chi connectivity index (χ2v) is 3.56. The Hall–Kier alpha value is -1.53. The van der Waals surface area contributed by atoms with Gasteiger partial charge in [-0.25, -0.2) is 4.98 Å². The van der Waals surface area contributed by atoms with Crippen LogP contribution in [0.15, 0.2) is 18.2 Å². The van der Waals surface area contributed by atoms with Crippen LogP contribution in [-0.4, -0.2) is 44.4 Å². The SMILES string of the molecule is COCCOCCCNC(=O)c1cccc(F)n1. The molecule has 5 nitrogen and oxygen atoms in total. The summed E-state index contributed by atoms with van der Waals surface area (Å²) in [6, 6.07) is 4.11. The van der Waals surface area contributed by atoms with Gasteiger partial charge in [-0.1, -0.05) is 6.07 Å². The fourth-order valence-corrected chi connectivity index (χ4v) is 1.25. The number of ether oxygens (including phenoxy) is 2. The zero-order valence-electron chi connectivity index (χ0n) is 10.3. The topological polar surface area (TPSA) is 60.5 Å². The summed E-state index contributed by atoms with van der Waals surface area (Å²) in [5.41, 5.74) is 0.0790. The molecule has 18 heavy (non-hydrogen) atoms. The van der Waals surface area contributed by atoms with Crippen molar-refractivity contribution in [2.75, 3.05) is 33.5 Å². The van der Waals surface area contributed by atoms with E-state index in [1.165, 1.54) is 18.2 Å². The number of carbonyl (C=O) groups excluding carboxylic acids is 1. The Balaban J connectivity index is 2.14. The van der Waals surface area contributed by atoms with E-state index < -0.39 is 5.95 Å². The minimum atomic E-state index is -0.662. The van der Waals surface area contributed by atoms with Gasteiger partial charge >= 0.3 is 0 Å². The lowest BCUT2D eigenvalue weighted by Crippen LogP contribution is -2.26. The summed E-state index contributed by atoms with van der Waals surface area (Å²) < 4.78 is 22.8. The van der Waals surface area contributed by atoms with Gasteiger partial charge in [0.05, 0.1) is 13.2 Å². The molecule has 6 heteroatoms. The summed E-state index contributed by atoms with van der Waals surface area (Å²) in [5, 5.41) is 2.64. The van der Waals surface area contributed by atoms with Crippen LogP contribution in [0.25, 0.3) is 0 Å². The first kappa shape index (κ1) is 14.5. The van der Waals surface area contributed by atoms with E-state index in [9.17, 15) is 9.18 Å². The van der Waals surface area contributed by atoms with Gasteiger partial charge in [0, 0.05) is 20.3 Å². The third-order valence-electron chi connectivity index (χ3n) is 2.13. The van der Waals surface area contributed by atoms with Gasteiger partial charge in [0.15, 0.2) is 0 Å². The molecule has 1 aromatic rings. The van der Waals surface area contributed by atoms with Gasteiger partial charge in [0.2, 0.25) is 5.95 Å². The Morgan fingerprint density at radius 1 is 1.39 bits per heavy atom. The first-order chi connectivity index (χ1) is 8.74. The quantitative estimate of drug-likeness (QED) is 0.557. The van der Waals surface area contributed by atoms with Crippen molar-refractivity contribution in [3.8, 4) is 0 Å². The predicted octanol–water partition coefficient (Wildman–Crippen LogP) is 1.00. The van der Waals surface area contributed by atoms with Crippen LogP contribution in [0, 0.1) is 5.95 Å². The highest BCUT2D eigenvalue weighted by Gasteiger charge is 2.06. The number of nitrogens with one attached hydrogen (secondary N) is 1. The molecule has 0 aliphatic rings. The molecule has 1 N–H and O–H groups in total. The normalized spacial score (nSPS) is 10.3. The molecule has 0 aliphatic heterocycles. The first-order valence-corrected chi connectivity index (χ1v) is 5.71. The molecule has 1 rings (SSSR count). The Morgan fingerprint density at radius 3 is 2.94 bits per heavy atom. The van der Waals surface area contributed by atoms with E-state index in [2.05, 4.69) is 10.3 Å². The van der Waals surface area contributed by atoms with Crippen molar-refractivity contribution in [3.63, 3.8) is 0 Å². The zero-order chi connectivity index (χ0) is 13.2. The molecule has 1 heterocycles. The van der Waals surface area contributed by atoms with Crippen molar-refractivity contribution in [3.05, 3.63) is 29.8 Å². The highest BCUT2D eigenvalue weighted by Crippen LogP contribution is 1.97. The molecule has 0 unspecified atom stereocenters. The maximum atomic E-state index is 12.8. The molecule has 1 amide bonds. The number of nitrogens with zero attached hydrogens (tertiary/aromatic N) is 1. The van der Waals surface area contributed by atoms with Crippen molar-refractivity contribution in [1.29, 1.82) is 0 Å². The fraction of sp³-hybridized carbons (Fsp3) is 0.500. The second-order valence-electron chi connectivity index (χ2n) is 3.56. The molecule has 0 fully saturated rings. The van der Waals surface area contributed by atoms with E-state index in [0.717, 1.165) is 0 Å². The number of halogens is 1. The van der Waals surface area contributed by atoms with Gasteiger partial charge in [0.25, 0.3) is 5.91 Å². The van der Waals surface area contributed by atoms with Gasteiger partial charge < -0.3 is 14.8 Å². The largest absolute Gasteiger partial charge is 0.382 e. The average molecular weight is 256 g/mol. The van der Waals surface area contributed by atoms with Crippen molar-refractivity contribution >= 4 is 5.91 Å². The molecule has 100 valence electrons. The standard InChI is InChI=1S/C12H17FN2O3/c1-17-8-9-18-7-3-6-14-12(16)10-4-2-5-11(13)15-10/h2,4-5H,3,6-9H2,1H3,(H,14,16). The van der Waals surface area contributed by atoms with Crippen LogP contribution in [0.1, 0.15) is 16.9 Å². The summed E-state index contributed by atoms with van der Waals surface area (Å²) in [4.78, 5) is 15.0. The molecule has 0 saturated carbocycles. The Labute approximate surface area is 105 Å². The van der Waals surface area contributed by atoms with E-state index >= 15 is 0 Å². The number of hydrogen-bond donors (Lipinski definition) is 1. The number of hydrogen-bond acceptors (Lipinski definition) is 4. The monoisotopic (exact) mass is 256 g/mol. The van der Waals surface area contributed by atoms with Crippen molar-refractivity contribution in [2.45, 2.75) is 6.42 Å². The molecule has 0 aliphatic carbocycles. The Morgan fingerprint density at radius 2 is 2.22 bits per heavy atom. The molecular formula is C12H17FN2O3. The van der Waals surface area contributed by atoms with Crippen LogP contribution in [0.3, 0.4) is 0 Å². The van der Waals surface area contributed by atoms with E-state index in [1.807, 2.05) is 0 Å². The third kappa shape index (κ3) is 5.70. The molecule has 0 spiro atoms. The van der Waals surface area contributed by atoms with Crippen molar-refractivity contribution < 1.29 is 18.7 Å². The predicted molar refractivity (Wildman–Crippen MR) is 63.8 cm³/mol. The van der Waals surface area contributed by atoms with Gasteiger partial charge in [-0.3, -0.25) is 4.79 Å². The number of carbonyl (C=O) groups is 1. The van der Waals surface area contributed by atoms with Gasteiger partial charge in [-0.2, -0.15) is 4.39 Å². The second kappa shape index (κ2) is 8.54. The lowest BCUT2D eigenvalue weighted by molar-refractivity contribution is 0.0688. The van der Waals surface area contributed by atoms with E-state index in [4.69, 9.17) is 9.47 Å². The van der Waals surface area contributed by atoms with Crippen molar-refractivity contribution in [2.24, 2.45) is 0 Å². The van der Waals surface area contributed by atoms with Crippen LogP contribution >= 0.6 is 0 Å².